The highest BCUT2D eigenvalue weighted by molar-refractivity contribution is 5.38. The average molecular weight is 287 g/mol. The number of piperazine rings is 1. The molecule has 1 aromatic heterocycles. The lowest BCUT2D eigenvalue weighted by Crippen LogP contribution is -2.46. The molecule has 1 aromatic carbocycles. The Bertz CT molecular complexity index is 662. The van der Waals surface area contributed by atoms with Gasteiger partial charge in [-0.1, -0.05) is 24.3 Å². The number of benzene rings is 1. The van der Waals surface area contributed by atoms with Crippen molar-refractivity contribution in [2.45, 2.75) is 6.54 Å². The van der Waals surface area contributed by atoms with Crippen molar-refractivity contribution in [1.82, 2.24) is 9.88 Å². The maximum absolute atomic E-state index is 13.7. The quantitative estimate of drug-likeness (QED) is 0.936. The molecule has 2 heterocycles. The van der Waals surface area contributed by atoms with E-state index in [2.05, 4.69) is 14.8 Å². The third kappa shape index (κ3) is 3.31. The van der Waals surface area contributed by atoms with Gasteiger partial charge in [0.25, 0.3) is 0 Å². The normalized spacial score (nSPS) is 16.1. The third-order valence-corrected chi connectivity index (χ3v) is 3.82. The standard InChI is InChI=1S/C16H18FN3O/c17-14-5-2-1-4-13(14)12-19-8-10-20(11-9-19)15-6-3-7-16(21)18-15/h1-7H,8-12H2,(H,18,21). The lowest BCUT2D eigenvalue weighted by molar-refractivity contribution is 0.246. The molecule has 110 valence electrons. The minimum absolute atomic E-state index is 0.0821. The lowest BCUT2D eigenvalue weighted by atomic mass is 10.2. The van der Waals surface area contributed by atoms with Crippen molar-refractivity contribution < 1.29 is 4.39 Å². The van der Waals surface area contributed by atoms with Crippen molar-refractivity contribution in [3.8, 4) is 0 Å². The number of halogens is 1. The Kier molecular flexibility index (Phi) is 4.01. The average Bonchev–Trinajstić information content (AvgIpc) is 2.50. The Labute approximate surface area is 122 Å². The predicted molar refractivity (Wildman–Crippen MR) is 81.0 cm³/mol. The Morgan fingerprint density at radius 2 is 1.76 bits per heavy atom. The van der Waals surface area contributed by atoms with Crippen molar-refractivity contribution in [3.05, 3.63) is 64.2 Å². The molecule has 3 rings (SSSR count). The van der Waals surface area contributed by atoms with Crippen LogP contribution in [0, 0.1) is 5.82 Å². The molecule has 2 aromatic rings. The van der Waals surface area contributed by atoms with Gasteiger partial charge < -0.3 is 9.88 Å². The largest absolute Gasteiger partial charge is 0.356 e. The molecule has 0 unspecified atom stereocenters. The number of nitrogens with zero attached hydrogens (tertiary/aromatic N) is 2. The molecule has 0 amide bonds. The first-order chi connectivity index (χ1) is 10.2. The van der Waals surface area contributed by atoms with E-state index in [-0.39, 0.29) is 11.4 Å². The van der Waals surface area contributed by atoms with E-state index in [4.69, 9.17) is 0 Å². The first-order valence-electron chi connectivity index (χ1n) is 7.12. The minimum atomic E-state index is -0.146. The molecule has 0 atom stereocenters. The van der Waals surface area contributed by atoms with Gasteiger partial charge in [0.05, 0.1) is 0 Å². The van der Waals surface area contributed by atoms with E-state index < -0.39 is 0 Å². The zero-order valence-electron chi connectivity index (χ0n) is 11.8. The molecule has 4 nitrogen and oxygen atoms in total. The van der Waals surface area contributed by atoms with Crippen LogP contribution in [0.15, 0.2) is 47.3 Å². The van der Waals surface area contributed by atoms with Gasteiger partial charge in [-0.2, -0.15) is 0 Å². The van der Waals surface area contributed by atoms with Crippen molar-refractivity contribution >= 4 is 5.82 Å². The number of rotatable bonds is 3. The van der Waals surface area contributed by atoms with Crippen LogP contribution >= 0.6 is 0 Å². The highest BCUT2D eigenvalue weighted by Crippen LogP contribution is 2.15. The molecular formula is C16H18FN3O. The van der Waals surface area contributed by atoms with Gasteiger partial charge in [0.15, 0.2) is 0 Å². The molecule has 0 saturated carbocycles. The molecule has 21 heavy (non-hydrogen) atoms. The van der Waals surface area contributed by atoms with Crippen LogP contribution in [0.1, 0.15) is 5.56 Å². The second kappa shape index (κ2) is 6.10. The monoisotopic (exact) mass is 287 g/mol. The summed E-state index contributed by atoms with van der Waals surface area (Å²) in [5, 5.41) is 0. The highest BCUT2D eigenvalue weighted by Gasteiger charge is 2.18. The zero-order chi connectivity index (χ0) is 14.7. The number of aromatic amines is 1. The van der Waals surface area contributed by atoms with Gasteiger partial charge in [0.2, 0.25) is 5.56 Å². The highest BCUT2D eigenvalue weighted by atomic mass is 19.1. The third-order valence-electron chi connectivity index (χ3n) is 3.82. The van der Waals surface area contributed by atoms with Gasteiger partial charge in [0.1, 0.15) is 11.6 Å². The fourth-order valence-electron chi connectivity index (χ4n) is 2.64. The van der Waals surface area contributed by atoms with Gasteiger partial charge in [-0.25, -0.2) is 4.39 Å². The topological polar surface area (TPSA) is 39.3 Å². The van der Waals surface area contributed by atoms with Gasteiger partial charge in [-0.05, 0) is 12.1 Å². The van der Waals surface area contributed by atoms with Gasteiger partial charge in [-0.3, -0.25) is 9.69 Å². The summed E-state index contributed by atoms with van der Waals surface area (Å²) >= 11 is 0. The first kappa shape index (κ1) is 13.8. The second-order valence-corrected chi connectivity index (χ2v) is 5.25. The lowest BCUT2D eigenvalue weighted by Gasteiger charge is -2.35. The molecule has 1 aliphatic heterocycles. The SMILES string of the molecule is O=c1cccc(N2CCN(Cc3ccccc3F)CC2)[nH]1. The van der Waals surface area contributed by atoms with Crippen LogP contribution in [0.3, 0.4) is 0 Å². The summed E-state index contributed by atoms with van der Waals surface area (Å²) in [5.41, 5.74) is 0.653. The summed E-state index contributed by atoms with van der Waals surface area (Å²) in [6, 6.07) is 12.1. The van der Waals surface area contributed by atoms with Crippen molar-refractivity contribution in [2.75, 3.05) is 31.1 Å². The molecule has 0 bridgehead atoms. The van der Waals surface area contributed by atoms with E-state index in [1.165, 1.54) is 12.1 Å². The summed E-state index contributed by atoms with van der Waals surface area (Å²) < 4.78 is 13.7. The number of anilines is 1. The predicted octanol–water partition coefficient (Wildman–Crippen LogP) is 1.84. The molecule has 1 saturated heterocycles. The number of hydrogen-bond acceptors (Lipinski definition) is 3. The molecule has 1 fully saturated rings. The number of pyridine rings is 1. The Hall–Kier alpha value is -2.14. The number of aromatic nitrogens is 1. The van der Waals surface area contributed by atoms with E-state index in [0.29, 0.717) is 6.54 Å². The summed E-state index contributed by atoms with van der Waals surface area (Å²) in [6.07, 6.45) is 0. The molecular weight excluding hydrogens is 269 g/mol. The Morgan fingerprint density at radius 1 is 1.00 bits per heavy atom. The number of H-pyrrole nitrogens is 1. The Balaban J connectivity index is 1.60. The van der Waals surface area contributed by atoms with Gasteiger partial charge in [-0.15, -0.1) is 0 Å². The van der Waals surface area contributed by atoms with Crippen LogP contribution in [-0.2, 0) is 6.54 Å². The molecule has 0 aliphatic carbocycles. The summed E-state index contributed by atoms with van der Waals surface area (Å²) in [7, 11) is 0. The van der Waals surface area contributed by atoms with E-state index in [9.17, 15) is 9.18 Å². The molecule has 0 spiro atoms. The molecule has 0 radical (unpaired) electrons. The minimum Gasteiger partial charge on any atom is -0.356 e. The summed E-state index contributed by atoms with van der Waals surface area (Å²) in [6.45, 7) is 3.99. The van der Waals surface area contributed by atoms with Crippen LogP contribution in [-0.4, -0.2) is 36.1 Å². The summed E-state index contributed by atoms with van der Waals surface area (Å²) in [5.74, 6) is 0.709. The van der Waals surface area contributed by atoms with Gasteiger partial charge >= 0.3 is 0 Å². The fraction of sp³-hybridized carbons (Fsp3) is 0.312. The van der Waals surface area contributed by atoms with Crippen molar-refractivity contribution in [1.29, 1.82) is 0 Å². The molecule has 1 N–H and O–H groups in total. The van der Waals surface area contributed by atoms with Gasteiger partial charge in [0, 0.05) is 44.4 Å². The van der Waals surface area contributed by atoms with E-state index in [1.54, 1.807) is 12.1 Å². The van der Waals surface area contributed by atoms with E-state index in [0.717, 1.165) is 37.6 Å². The fourth-order valence-corrected chi connectivity index (χ4v) is 2.64. The Morgan fingerprint density at radius 3 is 2.48 bits per heavy atom. The first-order valence-corrected chi connectivity index (χ1v) is 7.12. The van der Waals surface area contributed by atoms with E-state index >= 15 is 0 Å². The maximum Gasteiger partial charge on any atom is 0.249 e. The van der Waals surface area contributed by atoms with Crippen molar-refractivity contribution in [2.24, 2.45) is 0 Å². The smallest absolute Gasteiger partial charge is 0.249 e. The second-order valence-electron chi connectivity index (χ2n) is 5.25. The summed E-state index contributed by atoms with van der Waals surface area (Å²) in [4.78, 5) is 18.6. The van der Waals surface area contributed by atoms with Crippen LogP contribution < -0.4 is 10.5 Å². The molecule has 1 aliphatic rings. The number of nitrogens with one attached hydrogen (secondary N) is 1. The van der Waals surface area contributed by atoms with Crippen LogP contribution in [0.4, 0.5) is 10.2 Å². The van der Waals surface area contributed by atoms with Crippen molar-refractivity contribution in [3.63, 3.8) is 0 Å². The van der Waals surface area contributed by atoms with Crippen LogP contribution in [0.25, 0.3) is 0 Å². The van der Waals surface area contributed by atoms with Crippen LogP contribution in [0.2, 0.25) is 0 Å². The maximum atomic E-state index is 13.7. The molecule has 5 heteroatoms. The van der Waals surface area contributed by atoms with Crippen LogP contribution in [0.5, 0.6) is 0 Å². The number of hydrogen-bond donors (Lipinski definition) is 1. The zero-order valence-corrected chi connectivity index (χ0v) is 11.8. The van der Waals surface area contributed by atoms with E-state index in [1.807, 2.05) is 18.2 Å².